The smallest absolute Gasteiger partial charge is 0.271 e. The second-order valence-electron chi connectivity index (χ2n) is 5.68. The Morgan fingerprint density at radius 1 is 0.963 bits per heavy atom. The van der Waals surface area contributed by atoms with Crippen LogP contribution in [0.4, 0.5) is 17.2 Å². The maximum absolute atomic E-state index is 12.1. The fourth-order valence-electron chi connectivity index (χ4n) is 2.30. The van der Waals surface area contributed by atoms with Crippen molar-refractivity contribution in [3.8, 4) is 0 Å². The number of aromatic nitrogens is 3. The molecule has 0 unspecified atom stereocenters. The average molecular weight is 362 g/mol. The van der Waals surface area contributed by atoms with Crippen LogP contribution in [0.15, 0.2) is 61.1 Å². The first-order valence-electron chi connectivity index (χ1n) is 8.25. The highest BCUT2D eigenvalue weighted by molar-refractivity contribution is 5.92. The number of carbonyl (C=O) groups is 2. The van der Waals surface area contributed by atoms with Gasteiger partial charge in [-0.1, -0.05) is 12.1 Å². The maximum Gasteiger partial charge on any atom is 0.271 e. The second-order valence-corrected chi connectivity index (χ2v) is 5.68. The Bertz CT molecular complexity index is 928. The van der Waals surface area contributed by atoms with E-state index in [1.54, 1.807) is 24.4 Å². The van der Waals surface area contributed by atoms with Crippen LogP contribution in [0.25, 0.3) is 0 Å². The van der Waals surface area contributed by atoms with Gasteiger partial charge in [-0.15, -0.1) is 0 Å². The molecule has 0 bridgehead atoms. The third-order valence-electron chi connectivity index (χ3n) is 3.50. The van der Waals surface area contributed by atoms with E-state index in [9.17, 15) is 9.59 Å². The van der Waals surface area contributed by atoms with Gasteiger partial charge in [-0.3, -0.25) is 14.6 Å². The van der Waals surface area contributed by atoms with Crippen LogP contribution in [-0.4, -0.2) is 26.8 Å². The Hall–Kier alpha value is -3.81. The number of carbonyl (C=O) groups excluding carboxylic acids is 2. The van der Waals surface area contributed by atoms with E-state index in [0.29, 0.717) is 18.1 Å². The fraction of sp³-hybridized carbons (Fsp3) is 0.105. The van der Waals surface area contributed by atoms with E-state index in [2.05, 4.69) is 30.9 Å². The minimum atomic E-state index is -0.327. The molecule has 0 aliphatic rings. The number of rotatable bonds is 6. The molecule has 0 aliphatic heterocycles. The zero-order valence-corrected chi connectivity index (χ0v) is 14.6. The summed E-state index contributed by atoms with van der Waals surface area (Å²) in [5.41, 5.74) is 2.38. The third-order valence-corrected chi connectivity index (χ3v) is 3.50. The van der Waals surface area contributed by atoms with Crippen molar-refractivity contribution in [2.45, 2.75) is 13.5 Å². The van der Waals surface area contributed by atoms with Crippen LogP contribution in [0.1, 0.15) is 23.1 Å². The molecule has 0 aliphatic carbocycles. The molecule has 0 saturated carbocycles. The molecule has 8 heteroatoms. The van der Waals surface area contributed by atoms with E-state index in [4.69, 9.17) is 0 Å². The van der Waals surface area contributed by atoms with E-state index < -0.39 is 0 Å². The summed E-state index contributed by atoms with van der Waals surface area (Å²) < 4.78 is 0. The van der Waals surface area contributed by atoms with Crippen molar-refractivity contribution >= 4 is 29.0 Å². The van der Waals surface area contributed by atoms with Crippen molar-refractivity contribution in [2.24, 2.45) is 0 Å². The number of benzene rings is 1. The first kappa shape index (κ1) is 18.0. The predicted molar refractivity (Wildman–Crippen MR) is 101 cm³/mol. The lowest BCUT2D eigenvalue weighted by Crippen LogP contribution is -2.24. The summed E-state index contributed by atoms with van der Waals surface area (Å²) in [5.74, 6) is 0.0108. The minimum absolute atomic E-state index is 0.145. The Kier molecular flexibility index (Phi) is 5.68. The lowest BCUT2D eigenvalue weighted by Gasteiger charge is -2.08. The highest BCUT2D eigenvalue weighted by atomic mass is 16.2. The van der Waals surface area contributed by atoms with Crippen molar-refractivity contribution in [3.05, 3.63) is 72.4 Å². The van der Waals surface area contributed by atoms with Crippen molar-refractivity contribution in [1.82, 2.24) is 20.3 Å². The SMILES string of the molecule is CC(=O)Nc1cccc(Nc2cnc(C(=O)NCc3ccccn3)cn2)c1. The first-order chi connectivity index (χ1) is 13.1. The van der Waals surface area contributed by atoms with Crippen LogP contribution < -0.4 is 16.0 Å². The normalized spacial score (nSPS) is 10.1. The van der Waals surface area contributed by atoms with Gasteiger partial charge < -0.3 is 16.0 Å². The molecule has 0 saturated heterocycles. The highest BCUT2D eigenvalue weighted by Crippen LogP contribution is 2.18. The average Bonchev–Trinajstić information content (AvgIpc) is 2.67. The van der Waals surface area contributed by atoms with Crippen molar-refractivity contribution in [1.29, 1.82) is 0 Å². The number of hydrogen-bond acceptors (Lipinski definition) is 6. The lowest BCUT2D eigenvalue weighted by atomic mass is 10.2. The van der Waals surface area contributed by atoms with E-state index in [1.165, 1.54) is 19.3 Å². The van der Waals surface area contributed by atoms with E-state index in [1.807, 2.05) is 24.3 Å². The minimum Gasteiger partial charge on any atom is -0.345 e. The molecule has 0 radical (unpaired) electrons. The van der Waals surface area contributed by atoms with Gasteiger partial charge in [0.05, 0.1) is 24.6 Å². The number of anilines is 3. The standard InChI is InChI=1S/C19H18N6O2/c1-13(26)24-14-6-4-7-15(9-14)25-18-12-21-17(11-22-18)19(27)23-10-16-5-2-3-8-20-16/h2-9,11-12H,10H2,1H3,(H,22,25)(H,23,27)(H,24,26). The Morgan fingerprint density at radius 2 is 1.81 bits per heavy atom. The van der Waals surface area contributed by atoms with Gasteiger partial charge in [0.1, 0.15) is 11.5 Å². The molecule has 136 valence electrons. The van der Waals surface area contributed by atoms with Gasteiger partial charge in [0, 0.05) is 24.5 Å². The van der Waals surface area contributed by atoms with Crippen molar-refractivity contribution in [3.63, 3.8) is 0 Å². The van der Waals surface area contributed by atoms with Gasteiger partial charge in [0.2, 0.25) is 5.91 Å². The summed E-state index contributed by atoms with van der Waals surface area (Å²) in [4.78, 5) is 35.7. The summed E-state index contributed by atoms with van der Waals surface area (Å²) in [5, 5.41) is 8.53. The zero-order chi connectivity index (χ0) is 19.1. The summed E-state index contributed by atoms with van der Waals surface area (Å²) >= 11 is 0. The fourth-order valence-corrected chi connectivity index (χ4v) is 2.30. The molecule has 3 rings (SSSR count). The molecule has 3 aromatic rings. The largest absolute Gasteiger partial charge is 0.345 e. The predicted octanol–water partition coefficient (Wildman–Crippen LogP) is 2.50. The summed E-state index contributed by atoms with van der Waals surface area (Å²) in [7, 11) is 0. The molecular formula is C19H18N6O2. The number of pyridine rings is 1. The number of hydrogen-bond donors (Lipinski definition) is 3. The zero-order valence-electron chi connectivity index (χ0n) is 14.6. The van der Waals surface area contributed by atoms with Gasteiger partial charge in [-0.2, -0.15) is 0 Å². The number of nitrogens with zero attached hydrogens (tertiary/aromatic N) is 3. The molecular weight excluding hydrogens is 344 g/mol. The summed E-state index contributed by atoms with van der Waals surface area (Å²) in [6, 6.07) is 12.7. The highest BCUT2D eigenvalue weighted by Gasteiger charge is 2.08. The van der Waals surface area contributed by atoms with E-state index in [-0.39, 0.29) is 17.5 Å². The van der Waals surface area contributed by atoms with E-state index in [0.717, 1.165) is 11.4 Å². The molecule has 8 nitrogen and oxygen atoms in total. The molecule has 0 spiro atoms. The van der Waals surface area contributed by atoms with Crippen molar-refractivity contribution in [2.75, 3.05) is 10.6 Å². The van der Waals surface area contributed by atoms with Crippen molar-refractivity contribution < 1.29 is 9.59 Å². The van der Waals surface area contributed by atoms with Crippen LogP contribution in [0.2, 0.25) is 0 Å². The molecule has 27 heavy (non-hydrogen) atoms. The maximum atomic E-state index is 12.1. The van der Waals surface area contributed by atoms with Gasteiger partial charge in [0.15, 0.2) is 0 Å². The Morgan fingerprint density at radius 3 is 2.52 bits per heavy atom. The van der Waals surface area contributed by atoms with Gasteiger partial charge in [0.25, 0.3) is 5.91 Å². The molecule has 0 fully saturated rings. The summed E-state index contributed by atoms with van der Waals surface area (Å²) in [6.45, 7) is 1.76. The second kappa shape index (κ2) is 8.52. The van der Waals surface area contributed by atoms with Crippen LogP contribution in [0.3, 0.4) is 0 Å². The third kappa shape index (κ3) is 5.33. The molecule has 1 aromatic carbocycles. The Labute approximate surface area is 156 Å². The molecule has 2 aromatic heterocycles. The quantitative estimate of drug-likeness (QED) is 0.622. The molecule has 2 heterocycles. The van der Waals surface area contributed by atoms with Crippen LogP contribution in [0.5, 0.6) is 0 Å². The monoisotopic (exact) mass is 362 g/mol. The van der Waals surface area contributed by atoms with Crippen LogP contribution in [-0.2, 0) is 11.3 Å². The van der Waals surface area contributed by atoms with Crippen LogP contribution in [0, 0.1) is 0 Å². The van der Waals surface area contributed by atoms with E-state index >= 15 is 0 Å². The van der Waals surface area contributed by atoms with Crippen LogP contribution >= 0.6 is 0 Å². The summed E-state index contributed by atoms with van der Waals surface area (Å²) in [6.07, 6.45) is 4.54. The molecule has 3 N–H and O–H groups in total. The molecule has 0 atom stereocenters. The lowest BCUT2D eigenvalue weighted by molar-refractivity contribution is -0.114. The van der Waals surface area contributed by atoms with Gasteiger partial charge in [-0.25, -0.2) is 9.97 Å². The van der Waals surface area contributed by atoms with Gasteiger partial charge >= 0.3 is 0 Å². The number of nitrogens with one attached hydrogen (secondary N) is 3. The first-order valence-corrected chi connectivity index (χ1v) is 8.25. The molecule has 2 amide bonds. The number of amides is 2. The van der Waals surface area contributed by atoms with Gasteiger partial charge in [-0.05, 0) is 30.3 Å². The topological polar surface area (TPSA) is 109 Å². The Balaban J connectivity index is 1.60.